The van der Waals surface area contributed by atoms with Crippen molar-refractivity contribution < 1.29 is 14.2 Å². The minimum absolute atomic E-state index is 0. The Bertz CT molecular complexity index is 1910. The van der Waals surface area contributed by atoms with Gasteiger partial charge in [0, 0.05) is 48.1 Å². The third-order valence-electron chi connectivity index (χ3n) is 9.15. The van der Waals surface area contributed by atoms with Crippen LogP contribution in [0.5, 0.6) is 5.75 Å². The van der Waals surface area contributed by atoms with Crippen molar-refractivity contribution in [1.82, 2.24) is 29.1 Å². The molecule has 3 atom stereocenters. The van der Waals surface area contributed by atoms with Crippen molar-refractivity contribution in [3.8, 4) is 11.4 Å². The van der Waals surface area contributed by atoms with Crippen molar-refractivity contribution in [3.63, 3.8) is 0 Å². The number of hydrogen-bond acceptors (Lipinski definition) is 9. The monoisotopic (exact) mass is 746 g/mol. The molecule has 0 bridgehead atoms. The third kappa shape index (κ3) is 7.86. The van der Waals surface area contributed by atoms with Gasteiger partial charge in [0.2, 0.25) is 5.79 Å². The molecular formula is C35H40CaCl2N8O4. The number of rotatable bonds is 11. The van der Waals surface area contributed by atoms with Crippen molar-refractivity contribution in [3.05, 3.63) is 112 Å². The standard InChI is InChI=1S/C35H38Cl2N8O4.Ca.2H/c1-3-25(2)45-34(46)44(24-40-45)29-7-5-27(6-8-29)41-14-16-42(17-15-41)28-9-11-30(12-10-28)47-19-31-20-48-35(49-31,21-43-23-38-22-39-43)32-13-4-26(36)18-33(32)37;;;/h4-13,18,22-25,31H,3,14-17,19-21H2,1-2H3;;;/t25?,31-,35-;;;/m0.../s1. The van der Waals surface area contributed by atoms with E-state index in [1.165, 1.54) is 11.0 Å². The van der Waals surface area contributed by atoms with E-state index < -0.39 is 5.79 Å². The molecule has 2 fully saturated rings. The van der Waals surface area contributed by atoms with Crippen LogP contribution < -0.4 is 20.2 Å². The van der Waals surface area contributed by atoms with Gasteiger partial charge in [-0.15, -0.1) is 0 Å². The topological polar surface area (TPSA) is 105 Å². The Hall–Kier alpha value is -3.10. The van der Waals surface area contributed by atoms with Gasteiger partial charge in [-0.2, -0.15) is 10.2 Å². The molecule has 7 rings (SSSR count). The van der Waals surface area contributed by atoms with Crippen LogP contribution in [0.1, 0.15) is 31.9 Å². The molecule has 0 aliphatic carbocycles. The maximum absolute atomic E-state index is 12.8. The molecule has 0 radical (unpaired) electrons. The number of nitrogens with zero attached hydrogens (tertiary/aromatic N) is 8. The van der Waals surface area contributed by atoms with Crippen LogP contribution in [0.2, 0.25) is 10.0 Å². The van der Waals surface area contributed by atoms with E-state index >= 15 is 0 Å². The van der Waals surface area contributed by atoms with Crippen LogP contribution in [-0.2, 0) is 21.8 Å². The Balaban J connectivity index is 0.00000432. The van der Waals surface area contributed by atoms with E-state index in [1.54, 1.807) is 34.0 Å². The maximum atomic E-state index is 12.8. The van der Waals surface area contributed by atoms with Crippen molar-refractivity contribution in [2.45, 2.75) is 44.7 Å². The Morgan fingerprint density at radius 1 is 0.920 bits per heavy atom. The second kappa shape index (κ2) is 16.1. The molecule has 2 aliphatic heterocycles. The predicted molar refractivity (Wildman–Crippen MR) is 197 cm³/mol. The summed E-state index contributed by atoms with van der Waals surface area (Å²) in [5.74, 6) is -0.410. The molecule has 0 saturated carbocycles. The molecule has 1 unspecified atom stereocenters. The van der Waals surface area contributed by atoms with Gasteiger partial charge in [-0.25, -0.2) is 23.7 Å². The normalized spacial score (nSPS) is 19.7. The summed E-state index contributed by atoms with van der Waals surface area (Å²) in [6.07, 6.45) is 5.19. The van der Waals surface area contributed by atoms with Crippen LogP contribution in [0.4, 0.5) is 11.4 Å². The van der Waals surface area contributed by atoms with Crippen LogP contribution >= 0.6 is 23.2 Å². The minimum atomic E-state index is -1.16. The van der Waals surface area contributed by atoms with E-state index in [0.29, 0.717) is 28.8 Å². The first kappa shape index (κ1) is 36.7. The second-order valence-electron chi connectivity index (χ2n) is 12.3. The van der Waals surface area contributed by atoms with Gasteiger partial charge in [0.1, 0.15) is 44.0 Å². The van der Waals surface area contributed by atoms with Crippen LogP contribution in [0.3, 0.4) is 0 Å². The first-order chi connectivity index (χ1) is 23.8. The van der Waals surface area contributed by atoms with Gasteiger partial charge in [0.25, 0.3) is 0 Å². The van der Waals surface area contributed by atoms with Crippen molar-refractivity contribution in [2.24, 2.45) is 0 Å². The van der Waals surface area contributed by atoms with Gasteiger partial charge in [-0.3, -0.25) is 0 Å². The van der Waals surface area contributed by atoms with E-state index in [-0.39, 0.29) is 62.1 Å². The van der Waals surface area contributed by atoms with Gasteiger partial charge in [0.05, 0.1) is 23.4 Å². The van der Waals surface area contributed by atoms with Gasteiger partial charge in [-0.05, 0) is 74.0 Å². The second-order valence-corrected chi connectivity index (χ2v) is 13.1. The van der Waals surface area contributed by atoms with E-state index in [2.05, 4.69) is 49.2 Å². The van der Waals surface area contributed by atoms with E-state index in [9.17, 15) is 4.79 Å². The zero-order valence-corrected chi connectivity index (χ0v) is 28.9. The van der Waals surface area contributed by atoms with Crippen LogP contribution in [0, 0.1) is 0 Å². The number of anilines is 2. The zero-order valence-electron chi connectivity index (χ0n) is 27.4. The quantitative estimate of drug-likeness (QED) is 0.179. The van der Waals surface area contributed by atoms with E-state index in [1.807, 2.05) is 44.2 Å². The Labute approximate surface area is 330 Å². The summed E-state index contributed by atoms with van der Waals surface area (Å²) in [5.41, 5.74) is 3.64. The fourth-order valence-corrected chi connectivity index (χ4v) is 6.79. The first-order valence-corrected chi connectivity index (χ1v) is 17.2. The number of halogens is 2. The summed E-state index contributed by atoms with van der Waals surface area (Å²) in [4.78, 5) is 21.6. The van der Waals surface area contributed by atoms with Gasteiger partial charge in [-0.1, -0.05) is 36.2 Å². The number of aromatic nitrogens is 6. The van der Waals surface area contributed by atoms with Gasteiger partial charge < -0.3 is 24.0 Å². The molecule has 2 aromatic heterocycles. The summed E-state index contributed by atoms with van der Waals surface area (Å²) in [6, 6.07) is 21.6. The molecule has 3 aromatic carbocycles. The summed E-state index contributed by atoms with van der Waals surface area (Å²) >= 11 is 12.7. The number of benzene rings is 3. The average Bonchev–Trinajstić information content (AvgIpc) is 3.88. The van der Waals surface area contributed by atoms with E-state index in [4.69, 9.17) is 37.4 Å². The molecular weight excluding hydrogens is 707 g/mol. The Morgan fingerprint density at radius 3 is 2.20 bits per heavy atom. The predicted octanol–water partition coefficient (Wildman–Crippen LogP) is 4.66. The van der Waals surface area contributed by atoms with Crippen molar-refractivity contribution in [1.29, 1.82) is 0 Å². The van der Waals surface area contributed by atoms with E-state index in [0.717, 1.165) is 55.4 Å². The molecule has 5 aromatic rings. The molecule has 260 valence electrons. The van der Waals surface area contributed by atoms with Crippen LogP contribution in [0.25, 0.3) is 5.69 Å². The number of ether oxygens (including phenoxy) is 3. The molecule has 50 heavy (non-hydrogen) atoms. The summed E-state index contributed by atoms with van der Waals surface area (Å²) in [6.45, 7) is 8.48. The molecule has 2 saturated heterocycles. The Kier molecular flexibility index (Phi) is 11.8. The van der Waals surface area contributed by atoms with Gasteiger partial charge >= 0.3 is 43.4 Å². The SMILES string of the molecule is CCC(C)n1ncn(-c2ccc(N3CCN(c4ccc(OC[C@H]5CO[C@](Cn6cncn6)(c6ccc(Cl)cc6Cl)O5)cc4)CC3)cc2)c1=O.[CaH2]. The fourth-order valence-electron chi connectivity index (χ4n) is 6.24. The summed E-state index contributed by atoms with van der Waals surface area (Å²) < 4.78 is 23.7. The number of hydrogen-bond donors (Lipinski definition) is 0. The first-order valence-electron chi connectivity index (χ1n) is 16.4. The summed E-state index contributed by atoms with van der Waals surface area (Å²) in [5, 5.41) is 9.50. The van der Waals surface area contributed by atoms with Gasteiger partial charge in [0.15, 0.2) is 0 Å². The fraction of sp³-hybridized carbons (Fsp3) is 0.371. The van der Waals surface area contributed by atoms with Crippen LogP contribution in [-0.4, -0.2) is 112 Å². The molecule has 15 heteroatoms. The molecule has 2 aliphatic rings. The number of piperazine rings is 1. The van der Waals surface area contributed by atoms with Crippen molar-refractivity contribution >= 4 is 72.3 Å². The Morgan fingerprint density at radius 2 is 1.58 bits per heavy atom. The molecule has 0 spiro atoms. The van der Waals surface area contributed by atoms with Crippen molar-refractivity contribution in [2.75, 3.05) is 49.2 Å². The average molecular weight is 748 g/mol. The van der Waals surface area contributed by atoms with Crippen LogP contribution in [0.15, 0.2) is 90.5 Å². The third-order valence-corrected chi connectivity index (χ3v) is 9.70. The zero-order chi connectivity index (χ0) is 34.0. The summed E-state index contributed by atoms with van der Waals surface area (Å²) in [7, 11) is 0. The molecule has 0 amide bonds. The molecule has 0 N–H and O–H groups in total. The molecule has 4 heterocycles. The molecule has 12 nitrogen and oxygen atoms in total.